The molecule has 0 aliphatic carbocycles. The maximum absolute atomic E-state index is 13.3. The average molecular weight is 271 g/mol. The van der Waals surface area contributed by atoms with E-state index in [0.717, 1.165) is 16.8 Å². The zero-order valence-corrected chi connectivity index (χ0v) is 11.0. The van der Waals surface area contributed by atoms with Crippen molar-refractivity contribution in [2.24, 2.45) is 0 Å². The Bertz CT molecular complexity index is 713. The smallest absolute Gasteiger partial charge is 0.228 e. The van der Waals surface area contributed by atoms with Gasteiger partial charge in [0, 0.05) is 11.4 Å². The van der Waals surface area contributed by atoms with Crippen LogP contribution in [0.25, 0.3) is 0 Å². The Kier molecular flexibility index (Phi) is 2.82. The summed E-state index contributed by atoms with van der Waals surface area (Å²) >= 11 is 0. The van der Waals surface area contributed by atoms with Gasteiger partial charge in [-0.2, -0.15) is 0 Å². The molecule has 0 fully saturated rings. The topological polar surface area (TPSA) is 67.1 Å². The minimum absolute atomic E-state index is 0.0431. The number of nitrogens with two attached hydrogens (primary N) is 1. The average Bonchev–Trinajstić information content (AvgIpc) is 2.73. The van der Waals surface area contributed by atoms with Crippen molar-refractivity contribution in [2.75, 3.05) is 16.4 Å². The third-order valence-electron chi connectivity index (χ3n) is 3.37. The Morgan fingerprint density at radius 3 is 2.85 bits per heavy atom. The quantitative estimate of drug-likeness (QED) is 0.736. The number of rotatable bonds is 2. The predicted molar refractivity (Wildman–Crippen MR) is 77.6 cm³/mol. The monoisotopic (exact) mass is 271 g/mol. The first-order valence-electron chi connectivity index (χ1n) is 6.28. The number of nitrogen functional groups attached to an aromatic ring is 1. The zero-order valence-electron chi connectivity index (χ0n) is 11.0. The number of anilines is 4. The molecule has 5 heteroatoms. The number of hydrogen-bond donors (Lipinski definition) is 3. The molecule has 0 unspecified atom stereocenters. The molecular formula is C15H14FN3O. The SMILES string of the molecule is Cc1ccc(F)cc1Nc1cc2c(cc1N)CC(=O)N2. The molecule has 0 bridgehead atoms. The molecular weight excluding hydrogens is 257 g/mol. The summed E-state index contributed by atoms with van der Waals surface area (Å²) in [5, 5.41) is 5.88. The van der Waals surface area contributed by atoms with Crippen LogP contribution < -0.4 is 16.4 Å². The first kappa shape index (κ1) is 12.5. The number of aryl methyl sites for hydroxylation is 1. The Morgan fingerprint density at radius 1 is 1.25 bits per heavy atom. The molecule has 4 nitrogen and oxygen atoms in total. The van der Waals surface area contributed by atoms with Crippen LogP contribution in [0.5, 0.6) is 0 Å². The van der Waals surface area contributed by atoms with Gasteiger partial charge in [0.15, 0.2) is 0 Å². The van der Waals surface area contributed by atoms with E-state index in [1.165, 1.54) is 12.1 Å². The summed E-state index contributed by atoms with van der Waals surface area (Å²) in [7, 11) is 0. The van der Waals surface area contributed by atoms with Crippen molar-refractivity contribution in [3.8, 4) is 0 Å². The summed E-state index contributed by atoms with van der Waals surface area (Å²) in [5.41, 5.74) is 10.4. The van der Waals surface area contributed by atoms with Crippen LogP contribution in [-0.2, 0) is 11.2 Å². The van der Waals surface area contributed by atoms with Gasteiger partial charge in [0.2, 0.25) is 5.91 Å². The molecule has 1 aliphatic heterocycles. The minimum Gasteiger partial charge on any atom is -0.397 e. The van der Waals surface area contributed by atoms with E-state index in [1.54, 1.807) is 18.2 Å². The van der Waals surface area contributed by atoms with Crippen LogP contribution in [0.2, 0.25) is 0 Å². The molecule has 3 rings (SSSR count). The highest BCUT2D eigenvalue weighted by Crippen LogP contribution is 2.33. The van der Waals surface area contributed by atoms with Gasteiger partial charge in [-0.25, -0.2) is 4.39 Å². The molecule has 1 heterocycles. The maximum Gasteiger partial charge on any atom is 0.228 e. The van der Waals surface area contributed by atoms with Crippen LogP contribution in [-0.4, -0.2) is 5.91 Å². The fourth-order valence-corrected chi connectivity index (χ4v) is 2.28. The lowest BCUT2D eigenvalue weighted by Crippen LogP contribution is -2.03. The van der Waals surface area contributed by atoms with E-state index in [0.29, 0.717) is 23.5 Å². The largest absolute Gasteiger partial charge is 0.397 e. The molecule has 0 spiro atoms. The first-order chi connectivity index (χ1) is 9.52. The van der Waals surface area contributed by atoms with Gasteiger partial charge in [-0.1, -0.05) is 6.07 Å². The number of nitrogens with one attached hydrogen (secondary N) is 2. The van der Waals surface area contributed by atoms with Crippen molar-refractivity contribution in [1.29, 1.82) is 0 Å². The van der Waals surface area contributed by atoms with Crippen LogP contribution >= 0.6 is 0 Å². The summed E-state index contributed by atoms with van der Waals surface area (Å²) in [6.07, 6.45) is 0.346. The van der Waals surface area contributed by atoms with Crippen LogP contribution in [0.1, 0.15) is 11.1 Å². The molecule has 0 radical (unpaired) electrons. The van der Waals surface area contributed by atoms with Crippen molar-refractivity contribution >= 4 is 28.7 Å². The molecule has 1 aliphatic rings. The van der Waals surface area contributed by atoms with E-state index in [2.05, 4.69) is 10.6 Å². The lowest BCUT2D eigenvalue weighted by Gasteiger charge is -2.13. The van der Waals surface area contributed by atoms with Crippen LogP contribution in [0.4, 0.5) is 27.1 Å². The summed E-state index contributed by atoms with van der Waals surface area (Å²) in [6, 6.07) is 8.07. The number of benzene rings is 2. The molecule has 0 saturated heterocycles. The molecule has 0 saturated carbocycles. The van der Waals surface area contributed by atoms with E-state index >= 15 is 0 Å². The Labute approximate surface area is 115 Å². The van der Waals surface area contributed by atoms with Gasteiger partial charge in [-0.15, -0.1) is 0 Å². The van der Waals surface area contributed by atoms with Crippen molar-refractivity contribution in [1.82, 2.24) is 0 Å². The van der Waals surface area contributed by atoms with Gasteiger partial charge in [0.05, 0.1) is 17.8 Å². The molecule has 4 N–H and O–H groups in total. The summed E-state index contributed by atoms with van der Waals surface area (Å²) in [4.78, 5) is 11.4. The molecule has 2 aromatic carbocycles. The standard InChI is InChI=1S/C15H14FN3O/c1-8-2-3-10(16)6-12(8)18-14-7-13-9(4-11(14)17)5-15(20)19-13/h2-4,6-7,18H,5,17H2,1H3,(H,19,20). The Hall–Kier alpha value is -2.56. The maximum atomic E-state index is 13.3. The number of carbonyl (C=O) groups excluding carboxylic acids is 1. The summed E-state index contributed by atoms with van der Waals surface area (Å²) < 4.78 is 13.3. The molecule has 1 amide bonds. The third kappa shape index (κ3) is 2.18. The number of carbonyl (C=O) groups is 1. The van der Waals surface area contributed by atoms with Crippen molar-refractivity contribution in [3.05, 3.63) is 47.3 Å². The fraction of sp³-hybridized carbons (Fsp3) is 0.133. The van der Waals surface area contributed by atoms with Crippen molar-refractivity contribution < 1.29 is 9.18 Å². The van der Waals surface area contributed by atoms with Crippen molar-refractivity contribution in [3.63, 3.8) is 0 Å². The van der Waals surface area contributed by atoms with E-state index < -0.39 is 0 Å². The van der Waals surface area contributed by atoms with Crippen LogP contribution in [0.15, 0.2) is 30.3 Å². The van der Waals surface area contributed by atoms with E-state index in [1.807, 2.05) is 6.92 Å². The highest BCUT2D eigenvalue weighted by Gasteiger charge is 2.19. The van der Waals surface area contributed by atoms with Gasteiger partial charge in [0.25, 0.3) is 0 Å². The van der Waals surface area contributed by atoms with Gasteiger partial charge in [-0.3, -0.25) is 4.79 Å². The van der Waals surface area contributed by atoms with E-state index in [4.69, 9.17) is 5.73 Å². The number of amides is 1. The lowest BCUT2D eigenvalue weighted by atomic mass is 10.1. The van der Waals surface area contributed by atoms with E-state index in [9.17, 15) is 9.18 Å². The second-order valence-electron chi connectivity index (χ2n) is 4.91. The molecule has 20 heavy (non-hydrogen) atoms. The van der Waals surface area contributed by atoms with Gasteiger partial charge in [0.1, 0.15) is 5.82 Å². The molecule has 102 valence electrons. The van der Waals surface area contributed by atoms with Crippen molar-refractivity contribution in [2.45, 2.75) is 13.3 Å². The van der Waals surface area contributed by atoms with Gasteiger partial charge >= 0.3 is 0 Å². The Balaban J connectivity index is 1.97. The fourth-order valence-electron chi connectivity index (χ4n) is 2.28. The predicted octanol–water partition coefficient (Wildman–Crippen LogP) is 2.95. The number of fused-ring (bicyclic) bond motifs is 1. The summed E-state index contributed by atoms with van der Waals surface area (Å²) in [5.74, 6) is -0.357. The van der Waals surface area contributed by atoms with Gasteiger partial charge in [-0.05, 0) is 42.3 Å². The zero-order chi connectivity index (χ0) is 14.3. The second kappa shape index (κ2) is 4.52. The first-order valence-corrected chi connectivity index (χ1v) is 6.28. The van der Waals surface area contributed by atoms with Crippen LogP contribution in [0.3, 0.4) is 0 Å². The molecule has 0 aromatic heterocycles. The highest BCUT2D eigenvalue weighted by atomic mass is 19.1. The molecule has 0 atom stereocenters. The summed E-state index contributed by atoms with van der Waals surface area (Å²) in [6.45, 7) is 1.88. The molecule has 2 aromatic rings. The normalized spacial score (nSPS) is 13.0. The third-order valence-corrected chi connectivity index (χ3v) is 3.37. The lowest BCUT2D eigenvalue weighted by molar-refractivity contribution is -0.115. The number of halogens is 1. The number of hydrogen-bond acceptors (Lipinski definition) is 3. The van der Waals surface area contributed by atoms with Gasteiger partial charge < -0.3 is 16.4 Å². The second-order valence-corrected chi connectivity index (χ2v) is 4.91. The Morgan fingerprint density at radius 2 is 2.05 bits per heavy atom. The minimum atomic E-state index is -0.314. The van der Waals surface area contributed by atoms with E-state index in [-0.39, 0.29) is 11.7 Å². The van der Waals surface area contributed by atoms with Crippen LogP contribution in [0, 0.1) is 12.7 Å². The highest BCUT2D eigenvalue weighted by molar-refractivity contribution is 6.01.